The Morgan fingerprint density at radius 1 is 0.396 bits per heavy atom. The summed E-state index contributed by atoms with van der Waals surface area (Å²) in [4.78, 5) is 2.44. The van der Waals surface area contributed by atoms with Crippen molar-refractivity contribution in [3.05, 3.63) is 187 Å². The molecule has 0 N–H and O–H groups in total. The molecule has 0 radical (unpaired) electrons. The Morgan fingerprint density at radius 3 is 1.92 bits per heavy atom. The van der Waals surface area contributed by atoms with Gasteiger partial charge in [-0.05, 0) is 108 Å². The second kappa shape index (κ2) is 11.4. The highest BCUT2D eigenvalue weighted by Gasteiger charge is 2.35. The van der Waals surface area contributed by atoms with E-state index >= 15 is 0 Å². The van der Waals surface area contributed by atoms with Crippen LogP contribution in [0.5, 0.6) is 0 Å². The van der Waals surface area contributed by atoms with E-state index in [4.69, 9.17) is 0 Å². The molecule has 0 bridgehead atoms. The summed E-state index contributed by atoms with van der Waals surface area (Å²) in [6, 6.07) is 65.4. The number of benzene rings is 9. The largest absolute Gasteiger partial charge is 0.310 e. The number of rotatable bonds is 4. The lowest BCUT2D eigenvalue weighted by atomic mass is 9.82. The van der Waals surface area contributed by atoms with Crippen molar-refractivity contribution >= 4 is 80.9 Å². The van der Waals surface area contributed by atoms with Gasteiger partial charge in [0.15, 0.2) is 0 Å². The minimum Gasteiger partial charge on any atom is -0.310 e. The molecule has 1 heterocycles. The molecule has 0 saturated heterocycles. The van der Waals surface area contributed by atoms with Crippen LogP contribution < -0.4 is 4.90 Å². The molecule has 1 aromatic heterocycles. The van der Waals surface area contributed by atoms with Crippen LogP contribution >= 0.6 is 11.3 Å². The van der Waals surface area contributed by atoms with Crippen molar-refractivity contribution < 1.29 is 0 Å². The van der Waals surface area contributed by atoms with Gasteiger partial charge in [-0.15, -0.1) is 11.3 Å². The first-order valence-corrected chi connectivity index (χ1v) is 19.2. The van der Waals surface area contributed by atoms with Crippen molar-refractivity contribution in [3.8, 4) is 22.3 Å². The molecule has 0 unspecified atom stereocenters. The second-order valence-electron chi connectivity index (χ2n) is 14.9. The zero-order valence-corrected chi connectivity index (χ0v) is 30.4. The van der Waals surface area contributed by atoms with Gasteiger partial charge in [-0.2, -0.15) is 0 Å². The SMILES string of the molecule is CC1(C)c2ccccc2-c2ccc(N(c3ccc(-c4cccc5c4ccc4ccc6ccccc6c45)cc3)c3ccc4c(c3)sc3ccccc34)cc21. The Morgan fingerprint density at radius 2 is 1.02 bits per heavy atom. The number of nitrogens with zero attached hydrogens (tertiary/aromatic N) is 1. The van der Waals surface area contributed by atoms with Crippen LogP contribution in [0.2, 0.25) is 0 Å². The fraction of sp³-hybridized carbons (Fsp3) is 0.0588. The van der Waals surface area contributed by atoms with Crippen molar-refractivity contribution in [2.45, 2.75) is 19.3 Å². The summed E-state index contributed by atoms with van der Waals surface area (Å²) in [7, 11) is 0. The molecule has 1 nitrogen and oxygen atoms in total. The van der Waals surface area contributed by atoms with E-state index in [-0.39, 0.29) is 5.41 Å². The van der Waals surface area contributed by atoms with Gasteiger partial charge in [-0.1, -0.05) is 147 Å². The maximum Gasteiger partial charge on any atom is 0.0476 e. The molecule has 0 aliphatic heterocycles. The Hall–Kier alpha value is -6.22. The molecule has 0 saturated carbocycles. The number of anilines is 3. The third-order valence-electron chi connectivity index (χ3n) is 11.6. The average Bonchev–Trinajstić information content (AvgIpc) is 3.69. The molecular formula is C51H35NS. The maximum atomic E-state index is 2.44. The molecule has 2 heteroatoms. The van der Waals surface area contributed by atoms with Crippen molar-refractivity contribution in [2.75, 3.05) is 4.90 Å². The van der Waals surface area contributed by atoms with Gasteiger partial charge in [0.2, 0.25) is 0 Å². The summed E-state index contributed by atoms with van der Waals surface area (Å²) in [5, 5.41) is 10.4. The minimum atomic E-state index is -0.0865. The second-order valence-corrected chi connectivity index (χ2v) is 16.0. The topological polar surface area (TPSA) is 3.24 Å². The molecule has 10 aromatic rings. The van der Waals surface area contributed by atoms with E-state index in [9.17, 15) is 0 Å². The standard InChI is InChI=1S/C51H35NS/c1-51(2)46-16-7-5-12-41(46)42-28-25-36(30-47(42)51)52(37-26-29-44-43-13-6-8-17-48(43)53-49(44)31-37)35-23-20-33(21-24-35)38-14-9-15-45-40(38)27-22-34-19-18-32-10-3-4-11-39(32)50(34)45/h3-31H,1-2H3. The van der Waals surface area contributed by atoms with E-state index < -0.39 is 0 Å². The molecule has 0 spiro atoms. The maximum absolute atomic E-state index is 2.44. The van der Waals surface area contributed by atoms with E-state index in [1.807, 2.05) is 11.3 Å². The number of hydrogen-bond acceptors (Lipinski definition) is 2. The van der Waals surface area contributed by atoms with Crippen molar-refractivity contribution in [1.82, 2.24) is 0 Å². The first kappa shape index (κ1) is 30.4. The summed E-state index contributed by atoms with van der Waals surface area (Å²) >= 11 is 1.87. The van der Waals surface area contributed by atoms with E-state index in [2.05, 4.69) is 195 Å². The molecule has 0 atom stereocenters. The van der Waals surface area contributed by atoms with Crippen LogP contribution in [0.4, 0.5) is 17.1 Å². The Labute approximate surface area is 313 Å². The third-order valence-corrected chi connectivity index (χ3v) is 12.8. The van der Waals surface area contributed by atoms with Gasteiger partial charge in [-0.3, -0.25) is 0 Å². The first-order valence-electron chi connectivity index (χ1n) is 18.4. The highest BCUT2D eigenvalue weighted by Crippen LogP contribution is 2.51. The smallest absolute Gasteiger partial charge is 0.0476 e. The monoisotopic (exact) mass is 693 g/mol. The highest BCUT2D eigenvalue weighted by molar-refractivity contribution is 7.25. The molecule has 1 aliphatic rings. The molecule has 250 valence electrons. The van der Waals surface area contributed by atoms with Gasteiger partial charge in [0.25, 0.3) is 0 Å². The number of fused-ring (bicyclic) bond motifs is 11. The van der Waals surface area contributed by atoms with Crippen LogP contribution in [-0.2, 0) is 5.41 Å². The molecular weight excluding hydrogens is 659 g/mol. The van der Waals surface area contributed by atoms with Crippen molar-refractivity contribution in [2.24, 2.45) is 0 Å². The predicted molar refractivity (Wildman–Crippen MR) is 230 cm³/mol. The lowest BCUT2D eigenvalue weighted by Gasteiger charge is -2.28. The fourth-order valence-corrected chi connectivity index (χ4v) is 10.2. The van der Waals surface area contributed by atoms with Gasteiger partial charge in [0.1, 0.15) is 0 Å². The van der Waals surface area contributed by atoms with Gasteiger partial charge in [-0.25, -0.2) is 0 Å². The van der Waals surface area contributed by atoms with Crippen LogP contribution in [0.1, 0.15) is 25.0 Å². The quantitative estimate of drug-likeness (QED) is 0.166. The third kappa shape index (κ3) is 4.56. The van der Waals surface area contributed by atoms with E-state index in [1.165, 1.54) is 91.6 Å². The van der Waals surface area contributed by atoms with Gasteiger partial charge in [0.05, 0.1) is 0 Å². The summed E-state index contributed by atoms with van der Waals surface area (Å²) < 4.78 is 2.62. The normalized spacial score (nSPS) is 13.2. The van der Waals surface area contributed by atoms with Crippen LogP contribution in [0.15, 0.2) is 176 Å². The van der Waals surface area contributed by atoms with Gasteiger partial charge in [0, 0.05) is 42.6 Å². The average molecular weight is 694 g/mol. The Balaban J connectivity index is 1.07. The van der Waals surface area contributed by atoms with Crippen molar-refractivity contribution in [3.63, 3.8) is 0 Å². The van der Waals surface area contributed by atoms with Crippen LogP contribution in [0.3, 0.4) is 0 Å². The summed E-state index contributed by atoms with van der Waals surface area (Å²) in [6.07, 6.45) is 0. The number of hydrogen-bond donors (Lipinski definition) is 0. The summed E-state index contributed by atoms with van der Waals surface area (Å²) in [5.41, 5.74) is 11.3. The van der Waals surface area contributed by atoms with E-state index in [1.54, 1.807) is 0 Å². The Kier molecular flexibility index (Phi) is 6.53. The predicted octanol–water partition coefficient (Wildman–Crippen LogP) is 15.0. The highest BCUT2D eigenvalue weighted by atomic mass is 32.1. The van der Waals surface area contributed by atoms with Crippen LogP contribution in [-0.4, -0.2) is 0 Å². The van der Waals surface area contributed by atoms with E-state index in [0.717, 1.165) is 11.4 Å². The molecule has 9 aromatic carbocycles. The fourth-order valence-electron chi connectivity index (χ4n) is 9.04. The van der Waals surface area contributed by atoms with Crippen molar-refractivity contribution in [1.29, 1.82) is 0 Å². The molecule has 0 fully saturated rings. The molecule has 1 aliphatic carbocycles. The van der Waals surface area contributed by atoms with Gasteiger partial charge >= 0.3 is 0 Å². The summed E-state index contributed by atoms with van der Waals surface area (Å²) in [6.45, 7) is 4.72. The summed E-state index contributed by atoms with van der Waals surface area (Å²) in [5.74, 6) is 0. The zero-order chi connectivity index (χ0) is 35.3. The Bertz CT molecular complexity index is 3090. The van der Waals surface area contributed by atoms with Crippen LogP contribution in [0, 0.1) is 0 Å². The number of thiophene rings is 1. The lowest BCUT2D eigenvalue weighted by molar-refractivity contribution is 0.660. The molecule has 53 heavy (non-hydrogen) atoms. The van der Waals surface area contributed by atoms with Crippen LogP contribution in [0.25, 0.3) is 74.7 Å². The molecule has 0 amide bonds. The minimum absolute atomic E-state index is 0.0865. The first-order chi connectivity index (χ1) is 26.0. The van der Waals surface area contributed by atoms with Gasteiger partial charge < -0.3 is 4.90 Å². The molecule has 11 rings (SSSR count). The zero-order valence-electron chi connectivity index (χ0n) is 29.6. The van der Waals surface area contributed by atoms with E-state index in [0.29, 0.717) is 0 Å². The lowest BCUT2D eigenvalue weighted by Crippen LogP contribution is -2.16.